The molecule has 2 aliphatic rings. The van der Waals surface area contributed by atoms with Gasteiger partial charge in [0.1, 0.15) is 0 Å². The summed E-state index contributed by atoms with van der Waals surface area (Å²) in [7, 11) is 2.21. The van der Waals surface area contributed by atoms with E-state index in [0.717, 1.165) is 31.8 Å². The fourth-order valence-corrected chi connectivity index (χ4v) is 2.94. The fraction of sp³-hybridized carbons (Fsp3) is 0.846. The van der Waals surface area contributed by atoms with Crippen molar-refractivity contribution in [3.63, 3.8) is 0 Å². The quantitative estimate of drug-likeness (QED) is 0.724. The van der Waals surface area contributed by atoms with Crippen molar-refractivity contribution in [2.75, 3.05) is 20.1 Å². The molecular formula is C13H23N2O. The van der Waals surface area contributed by atoms with Crippen LogP contribution in [0.4, 0.5) is 0 Å². The number of amides is 1. The molecule has 0 aliphatic carbocycles. The number of likely N-dealkylation sites (tertiary alicyclic amines) is 2. The molecule has 2 heterocycles. The Morgan fingerprint density at radius 3 is 2.81 bits per heavy atom. The van der Waals surface area contributed by atoms with Gasteiger partial charge in [0.2, 0.25) is 5.91 Å². The maximum Gasteiger partial charge on any atom is 0.222 e. The largest absolute Gasteiger partial charge is 0.340 e. The molecule has 0 saturated carbocycles. The van der Waals surface area contributed by atoms with E-state index in [1.165, 1.54) is 25.8 Å². The van der Waals surface area contributed by atoms with Crippen LogP contribution in [0.2, 0.25) is 0 Å². The summed E-state index contributed by atoms with van der Waals surface area (Å²) in [5.74, 6) is 0.305. The Labute approximate surface area is 98.8 Å². The van der Waals surface area contributed by atoms with E-state index < -0.39 is 0 Å². The molecular weight excluding hydrogens is 200 g/mol. The Balaban J connectivity index is 1.74. The van der Waals surface area contributed by atoms with Crippen molar-refractivity contribution in [1.29, 1.82) is 0 Å². The summed E-state index contributed by atoms with van der Waals surface area (Å²) in [4.78, 5) is 16.0. The minimum absolute atomic E-state index is 0.198. The van der Waals surface area contributed by atoms with E-state index in [1.807, 2.05) is 4.90 Å². The zero-order valence-electron chi connectivity index (χ0n) is 10.3. The lowest BCUT2D eigenvalue weighted by molar-refractivity contribution is -0.129. The van der Waals surface area contributed by atoms with Crippen LogP contribution in [0.3, 0.4) is 0 Å². The van der Waals surface area contributed by atoms with Gasteiger partial charge in [0.05, 0.1) is 0 Å². The van der Waals surface area contributed by atoms with Gasteiger partial charge in [0.15, 0.2) is 0 Å². The van der Waals surface area contributed by atoms with E-state index in [-0.39, 0.29) is 6.04 Å². The van der Waals surface area contributed by atoms with Crippen molar-refractivity contribution in [3.8, 4) is 0 Å². The van der Waals surface area contributed by atoms with Gasteiger partial charge in [0, 0.05) is 25.0 Å². The van der Waals surface area contributed by atoms with Gasteiger partial charge in [-0.05, 0) is 52.6 Å². The summed E-state index contributed by atoms with van der Waals surface area (Å²) < 4.78 is 0. The second-order valence-corrected chi connectivity index (χ2v) is 5.20. The minimum atomic E-state index is 0.198. The third kappa shape index (κ3) is 2.57. The number of carbonyl (C=O) groups excluding carboxylic acids is 1. The Morgan fingerprint density at radius 2 is 2.25 bits per heavy atom. The van der Waals surface area contributed by atoms with Crippen LogP contribution >= 0.6 is 0 Å². The van der Waals surface area contributed by atoms with E-state index in [2.05, 4.69) is 18.9 Å². The summed E-state index contributed by atoms with van der Waals surface area (Å²) in [5, 5.41) is 0. The van der Waals surface area contributed by atoms with Gasteiger partial charge >= 0.3 is 0 Å². The molecule has 0 bridgehead atoms. The first-order valence-corrected chi connectivity index (χ1v) is 6.51. The lowest BCUT2D eigenvalue weighted by Gasteiger charge is -2.27. The maximum absolute atomic E-state index is 11.6. The van der Waals surface area contributed by atoms with Gasteiger partial charge in [-0.15, -0.1) is 0 Å². The molecule has 91 valence electrons. The van der Waals surface area contributed by atoms with E-state index in [1.54, 1.807) is 0 Å². The smallest absolute Gasteiger partial charge is 0.222 e. The molecule has 1 radical (unpaired) electrons. The van der Waals surface area contributed by atoms with Gasteiger partial charge < -0.3 is 9.80 Å². The molecule has 2 fully saturated rings. The van der Waals surface area contributed by atoms with Crippen LogP contribution in [0.15, 0.2) is 0 Å². The highest BCUT2D eigenvalue weighted by Gasteiger charge is 2.27. The number of carbonyl (C=O) groups is 1. The normalized spacial score (nSPS) is 29.0. The van der Waals surface area contributed by atoms with Crippen molar-refractivity contribution >= 4 is 5.91 Å². The number of rotatable bonds is 4. The average molecular weight is 223 g/mol. The molecule has 2 atom stereocenters. The zero-order chi connectivity index (χ0) is 11.5. The molecule has 3 heteroatoms. The second-order valence-electron chi connectivity index (χ2n) is 5.20. The standard InChI is InChI=1S/C13H23N2O/c1-11(15-10-4-6-13(15)16)7-8-12-5-3-9-14(12)2/h11-12H,1,3-10H2,2H3. The van der Waals surface area contributed by atoms with Crippen LogP contribution in [-0.4, -0.2) is 47.9 Å². The molecule has 2 saturated heterocycles. The van der Waals surface area contributed by atoms with Gasteiger partial charge in [-0.2, -0.15) is 0 Å². The predicted molar refractivity (Wildman–Crippen MR) is 65.0 cm³/mol. The summed E-state index contributed by atoms with van der Waals surface area (Å²) in [6.45, 7) is 6.30. The first-order chi connectivity index (χ1) is 7.68. The Hall–Kier alpha value is -0.570. The summed E-state index contributed by atoms with van der Waals surface area (Å²) in [5.41, 5.74) is 0. The van der Waals surface area contributed by atoms with Crippen LogP contribution in [0.25, 0.3) is 0 Å². The molecule has 0 aromatic heterocycles. The zero-order valence-corrected chi connectivity index (χ0v) is 10.3. The number of hydrogen-bond acceptors (Lipinski definition) is 2. The van der Waals surface area contributed by atoms with Gasteiger partial charge in [0.25, 0.3) is 0 Å². The molecule has 2 rings (SSSR count). The summed E-state index contributed by atoms with van der Waals surface area (Å²) >= 11 is 0. The lowest BCUT2D eigenvalue weighted by atomic mass is 10.0. The van der Waals surface area contributed by atoms with Crippen molar-refractivity contribution in [2.45, 2.75) is 50.6 Å². The average Bonchev–Trinajstić information content (AvgIpc) is 2.84. The highest BCUT2D eigenvalue weighted by Crippen LogP contribution is 2.22. The molecule has 0 aromatic rings. The molecule has 2 unspecified atom stereocenters. The monoisotopic (exact) mass is 223 g/mol. The summed E-state index contributed by atoms with van der Waals surface area (Å²) in [6.07, 6.45) is 6.64. The number of hydrogen-bond donors (Lipinski definition) is 0. The first-order valence-electron chi connectivity index (χ1n) is 6.51. The van der Waals surface area contributed by atoms with E-state index >= 15 is 0 Å². The Bertz CT molecular complexity index is 254. The van der Waals surface area contributed by atoms with Crippen LogP contribution in [-0.2, 0) is 4.79 Å². The summed E-state index contributed by atoms with van der Waals surface area (Å²) in [6, 6.07) is 0.922. The highest BCUT2D eigenvalue weighted by atomic mass is 16.2. The highest BCUT2D eigenvalue weighted by molar-refractivity contribution is 5.78. The van der Waals surface area contributed by atoms with Crippen LogP contribution < -0.4 is 0 Å². The van der Waals surface area contributed by atoms with Crippen LogP contribution in [0.1, 0.15) is 38.5 Å². The molecule has 0 spiro atoms. The Kier molecular flexibility index (Phi) is 3.85. The topological polar surface area (TPSA) is 23.6 Å². The molecule has 2 aliphatic heterocycles. The maximum atomic E-state index is 11.6. The van der Waals surface area contributed by atoms with E-state index in [9.17, 15) is 4.79 Å². The molecule has 16 heavy (non-hydrogen) atoms. The SMILES string of the molecule is [CH2]C(CCC1CCCN1C)N1CCCC1=O. The molecule has 3 nitrogen and oxygen atoms in total. The van der Waals surface area contributed by atoms with E-state index in [4.69, 9.17) is 0 Å². The predicted octanol–water partition coefficient (Wildman–Crippen LogP) is 1.69. The third-order valence-corrected chi connectivity index (χ3v) is 4.06. The first kappa shape index (κ1) is 11.9. The fourth-order valence-electron chi connectivity index (χ4n) is 2.94. The van der Waals surface area contributed by atoms with Gasteiger partial charge in [-0.3, -0.25) is 4.79 Å². The van der Waals surface area contributed by atoms with Crippen LogP contribution in [0.5, 0.6) is 0 Å². The third-order valence-electron chi connectivity index (χ3n) is 4.06. The number of nitrogens with zero attached hydrogens (tertiary/aromatic N) is 2. The van der Waals surface area contributed by atoms with Gasteiger partial charge in [-0.25, -0.2) is 0 Å². The molecule has 0 N–H and O–H groups in total. The minimum Gasteiger partial charge on any atom is -0.340 e. The molecule has 1 amide bonds. The van der Waals surface area contributed by atoms with Crippen molar-refractivity contribution < 1.29 is 4.79 Å². The van der Waals surface area contributed by atoms with Crippen molar-refractivity contribution in [1.82, 2.24) is 9.80 Å². The van der Waals surface area contributed by atoms with E-state index in [0.29, 0.717) is 5.91 Å². The van der Waals surface area contributed by atoms with Gasteiger partial charge in [-0.1, -0.05) is 0 Å². The molecule has 0 aromatic carbocycles. The lowest BCUT2D eigenvalue weighted by Crippen LogP contribution is -2.35. The van der Waals surface area contributed by atoms with Crippen molar-refractivity contribution in [3.05, 3.63) is 6.92 Å². The van der Waals surface area contributed by atoms with Crippen LogP contribution in [0, 0.1) is 6.92 Å². The Morgan fingerprint density at radius 1 is 1.44 bits per heavy atom. The van der Waals surface area contributed by atoms with Crippen molar-refractivity contribution in [2.24, 2.45) is 0 Å². The second kappa shape index (κ2) is 5.17.